The number of rotatable bonds is 2. The summed E-state index contributed by atoms with van der Waals surface area (Å²) < 4.78 is 0. The fraction of sp³-hybridized carbons (Fsp3) is 0.714. The molecule has 112 valence electrons. The minimum absolute atomic E-state index is 0. The predicted octanol–water partition coefficient (Wildman–Crippen LogP) is 2.48. The summed E-state index contributed by atoms with van der Waals surface area (Å²) in [4.78, 5) is 19.3. The lowest BCUT2D eigenvalue weighted by Gasteiger charge is -2.34. The van der Waals surface area contributed by atoms with Crippen LogP contribution in [0.2, 0.25) is 0 Å². The van der Waals surface area contributed by atoms with Crippen molar-refractivity contribution in [2.45, 2.75) is 38.6 Å². The lowest BCUT2D eigenvalue weighted by atomic mass is 9.88. The molecule has 0 spiro atoms. The van der Waals surface area contributed by atoms with Crippen LogP contribution in [0.4, 0.5) is 0 Å². The van der Waals surface area contributed by atoms with Gasteiger partial charge in [0.2, 0.25) is 0 Å². The average molecular weight is 316 g/mol. The SMILES string of the molecule is Cc1ncc(C(=O)N2CCC(C3CCCN3)CC2)s1.Cl. The van der Waals surface area contributed by atoms with Crippen LogP contribution in [-0.2, 0) is 0 Å². The number of piperidine rings is 1. The van der Waals surface area contributed by atoms with E-state index in [1.54, 1.807) is 6.20 Å². The van der Waals surface area contributed by atoms with Crippen LogP contribution in [0.5, 0.6) is 0 Å². The Kier molecular flexibility index (Phi) is 5.41. The number of hydrogen-bond acceptors (Lipinski definition) is 4. The van der Waals surface area contributed by atoms with Crippen LogP contribution >= 0.6 is 23.7 Å². The maximum atomic E-state index is 12.3. The standard InChI is InChI=1S/C14H21N3OS.ClH/c1-10-16-9-13(19-10)14(18)17-7-4-11(5-8-17)12-3-2-6-15-12;/h9,11-12,15H,2-8H2,1H3;1H. The first-order valence-corrected chi connectivity index (χ1v) is 8.01. The normalized spacial score (nSPS) is 23.6. The molecular weight excluding hydrogens is 294 g/mol. The lowest BCUT2D eigenvalue weighted by molar-refractivity contribution is 0.0679. The molecule has 2 saturated heterocycles. The van der Waals surface area contributed by atoms with E-state index in [4.69, 9.17) is 0 Å². The number of aromatic nitrogens is 1. The van der Waals surface area contributed by atoms with Gasteiger partial charge in [0.15, 0.2) is 0 Å². The number of halogens is 1. The molecule has 0 saturated carbocycles. The molecule has 6 heteroatoms. The summed E-state index contributed by atoms with van der Waals surface area (Å²) in [7, 11) is 0. The van der Waals surface area contributed by atoms with Gasteiger partial charge in [-0.1, -0.05) is 0 Å². The van der Waals surface area contributed by atoms with E-state index in [1.807, 2.05) is 11.8 Å². The molecule has 3 heterocycles. The summed E-state index contributed by atoms with van der Waals surface area (Å²) in [6, 6.07) is 0.697. The van der Waals surface area contributed by atoms with Crippen molar-refractivity contribution < 1.29 is 4.79 Å². The molecule has 2 aliphatic heterocycles. The largest absolute Gasteiger partial charge is 0.338 e. The van der Waals surface area contributed by atoms with E-state index < -0.39 is 0 Å². The first-order chi connectivity index (χ1) is 9.24. The van der Waals surface area contributed by atoms with E-state index in [0.717, 1.165) is 41.7 Å². The molecule has 0 aromatic carbocycles. The third kappa shape index (κ3) is 3.32. The maximum Gasteiger partial charge on any atom is 0.265 e. The van der Waals surface area contributed by atoms with E-state index in [1.165, 1.54) is 30.7 Å². The number of hydrogen-bond donors (Lipinski definition) is 1. The van der Waals surface area contributed by atoms with Gasteiger partial charge in [-0.3, -0.25) is 4.79 Å². The fourth-order valence-corrected chi connectivity index (χ4v) is 3.98. The molecule has 1 amide bonds. The molecule has 1 atom stereocenters. The Balaban J connectivity index is 0.00000147. The molecule has 2 fully saturated rings. The summed E-state index contributed by atoms with van der Waals surface area (Å²) >= 11 is 1.50. The highest BCUT2D eigenvalue weighted by atomic mass is 35.5. The number of nitrogens with zero attached hydrogens (tertiary/aromatic N) is 2. The quantitative estimate of drug-likeness (QED) is 0.912. The Morgan fingerprint density at radius 1 is 1.40 bits per heavy atom. The van der Waals surface area contributed by atoms with Gasteiger partial charge in [-0.05, 0) is 45.1 Å². The Morgan fingerprint density at radius 2 is 2.15 bits per heavy atom. The smallest absolute Gasteiger partial charge is 0.265 e. The van der Waals surface area contributed by atoms with Gasteiger partial charge in [-0.2, -0.15) is 0 Å². The van der Waals surface area contributed by atoms with Gasteiger partial charge in [0, 0.05) is 19.1 Å². The summed E-state index contributed by atoms with van der Waals surface area (Å²) in [6.07, 6.45) is 6.62. The highest BCUT2D eigenvalue weighted by Gasteiger charge is 2.30. The zero-order valence-electron chi connectivity index (χ0n) is 11.8. The minimum atomic E-state index is 0. The Morgan fingerprint density at radius 3 is 2.70 bits per heavy atom. The van der Waals surface area contributed by atoms with Gasteiger partial charge in [0.05, 0.1) is 11.2 Å². The van der Waals surface area contributed by atoms with E-state index in [0.29, 0.717) is 6.04 Å². The minimum Gasteiger partial charge on any atom is -0.338 e. The third-order valence-corrected chi connectivity index (χ3v) is 5.23. The van der Waals surface area contributed by atoms with Crippen molar-refractivity contribution in [2.75, 3.05) is 19.6 Å². The van der Waals surface area contributed by atoms with Crippen molar-refractivity contribution >= 4 is 29.7 Å². The number of carbonyl (C=O) groups is 1. The highest BCUT2D eigenvalue weighted by Crippen LogP contribution is 2.27. The summed E-state index contributed by atoms with van der Waals surface area (Å²) in [5, 5.41) is 4.56. The molecule has 1 aromatic heterocycles. The van der Waals surface area contributed by atoms with Crippen LogP contribution in [0.25, 0.3) is 0 Å². The van der Waals surface area contributed by atoms with Crippen molar-refractivity contribution in [3.05, 3.63) is 16.1 Å². The highest BCUT2D eigenvalue weighted by molar-refractivity contribution is 7.13. The van der Waals surface area contributed by atoms with Crippen LogP contribution in [0.15, 0.2) is 6.20 Å². The molecule has 0 bridgehead atoms. The van der Waals surface area contributed by atoms with E-state index in [2.05, 4.69) is 10.3 Å². The second-order valence-corrected chi connectivity index (χ2v) is 6.81. The molecule has 4 nitrogen and oxygen atoms in total. The molecule has 0 aliphatic carbocycles. The Hall–Kier alpha value is -0.650. The van der Waals surface area contributed by atoms with Crippen molar-refractivity contribution in [2.24, 2.45) is 5.92 Å². The van der Waals surface area contributed by atoms with E-state index >= 15 is 0 Å². The number of nitrogens with one attached hydrogen (secondary N) is 1. The average Bonchev–Trinajstić information content (AvgIpc) is 3.09. The van der Waals surface area contributed by atoms with Gasteiger partial charge in [0.1, 0.15) is 4.88 Å². The Bertz CT molecular complexity index is 451. The van der Waals surface area contributed by atoms with Crippen molar-refractivity contribution in [3.8, 4) is 0 Å². The van der Waals surface area contributed by atoms with Crippen LogP contribution in [-0.4, -0.2) is 41.5 Å². The van der Waals surface area contributed by atoms with Gasteiger partial charge in [-0.25, -0.2) is 4.98 Å². The third-order valence-electron chi connectivity index (χ3n) is 4.33. The van der Waals surface area contributed by atoms with Crippen LogP contribution in [0.3, 0.4) is 0 Å². The monoisotopic (exact) mass is 315 g/mol. The second-order valence-electron chi connectivity index (χ2n) is 5.58. The molecule has 1 N–H and O–H groups in total. The number of aryl methyl sites for hydroxylation is 1. The number of amides is 1. The van der Waals surface area contributed by atoms with Gasteiger partial charge < -0.3 is 10.2 Å². The molecule has 1 unspecified atom stereocenters. The zero-order chi connectivity index (χ0) is 13.2. The summed E-state index contributed by atoms with van der Waals surface area (Å²) in [5.41, 5.74) is 0. The summed E-state index contributed by atoms with van der Waals surface area (Å²) in [6.45, 7) is 4.92. The maximum absolute atomic E-state index is 12.3. The molecule has 0 radical (unpaired) electrons. The molecule has 1 aromatic rings. The number of carbonyl (C=O) groups excluding carboxylic acids is 1. The number of likely N-dealkylation sites (tertiary alicyclic amines) is 1. The predicted molar refractivity (Wildman–Crippen MR) is 83.8 cm³/mol. The van der Waals surface area contributed by atoms with Gasteiger partial charge in [0.25, 0.3) is 5.91 Å². The first kappa shape index (κ1) is 15.7. The number of thiazole rings is 1. The summed E-state index contributed by atoms with van der Waals surface area (Å²) in [5.74, 6) is 0.929. The Labute approximate surface area is 130 Å². The van der Waals surface area contributed by atoms with Crippen LogP contribution in [0, 0.1) is 12.8 Å². The van der Waals surface area contributed by atoms with Gasteiger partial charge in [-0.15, -0.1) is 23.7 Å². The first-order valence-electron chi connectivity index (χ1n) is 7.19. The van der Waals surface area contributed by atoms with Crippen LogP contribution < -0.4 is 5.32 Å². The van der Waals surface area contributed by atoms with Crippen molar-refractivity contribution in [1.82, 2.24) is 15.2 Å². The topological polar surface area (TPSA) is 45.2 Å². The second kappa shape index (κ2) is 6.87. The fourth-order valence-electron chi connectivity index (χ4n) is 3.23. The zero-order valence-corrected chi connectivity index (χ0v) is 13.4. The molecular formula is C14H22ClN3OS. The molecule has 2 aliphatic rings. The molecule has 20 heavy (non-hydrogen) atoms. The van der Waals surface area contributed by atoms with Crippen LogP contribution in [0.1, 0.15) is 40.4 Å². The van der Waals surface area contributed by atoms with E-state index in [9.17, 15) is 4.79 Å². The molecule has 3 rings (SSSR count). The van der Waals surface area contributed by atoms with Gasteiger partial charge >= 0.3 is 0 Å². The van der Waals surface area contributed by atoms with E-state index in [-0.39, 0.29) is 18.3 Å². The van der Waals surface area contributed by atoms with Crippen molar-refractivity contribution in [3.63, 3.8) is 0 Å². The van der Waals surface area contributed by atoms with Crippen molar-refractivity contribution in [1.29, 1.82) is 0 Å². The lowest BCUT2D eigenvalue weighted by Crippen LogP contribution is -2.43.